The SMILES string of the molecule is C=C(/N=C(\C(F)=C/C)N1CCOCC1)N/N=C/c1ccc(Nc2cc(O)cc(N3CCC(C)N3)c2)cn1. The number of nitrogens with zero attached hydrogens (tertiary/aromatic N) is 5. The van der Waals surface area contributed by atoms with Gasteiger partial charge in [-0.2, -0.15) is 5.10 Å². The number of amidine groups is 1. The normalized spacial score (nSPS) is 18.9. The minimum atomic E-state index is -0.427. The fraction of sp³-hybridized carbons (Fsp3) is 0.346. The lowest BCUT2D eigenvalue weighted by Crippen LogP contribution is -2.41. The molecule has 0 amide bonds. The third-order valence-electron chi connectivity index (χ3n) is 5.86. The Kier molecular flexibility index (Phi) is 8.70. The van der Waals surface area contributed by atoms with Gasteiger partial charge in [0.25, 0.3) is 0 Å². The number of aliphatic imine (C=N–C) groups is 1. The highest BCUT2D eigenvalue weighted by Gasteiger charge is 2.20. The maximum absolute atomic E-state index is 14.4. The fourth-order valence-corrected chi connectivity index (χ4v) is 3.97. The highest BCUT2D eigenvalue weighted by atomic mass is 19.1. The van der Waals surface area contributed by atoms with Crippen molar-refractivity contribution in [3.63, 3.8) is 0 Å². The standard InChI is InChI=1S/C26H33FN8O2/c1-4-25(27)26(34-9-11-37-12-10-34)30-19(3)32-29-17-20-5-6-21(16-28-20)31-22-13-23(15-24(36)14-22)35-8-7-18(2)33-35/h4-6,13-18,31-33,36H,3,7-12H2,1-2H3/b25-4+,29-17+,30-26+. The molecule has 3 heterocycles. The van der Waals surface area contributed by atoms with Crippen LogP contribution in [0.25, 0.3) is 0 Å². The van der Waals surface area contributed by atoms with Crippen LogP contribution in [0.5, 0.6) is 5.75 Å². The number of aromatic nitrogens is 1. The van der Waals surface area contributed by atoms with Crippen molar-refractivity contribution in [3.8, 4) is 5.75 Å². The monoisotopic (exact) mass is 508 g/mol. The molecule has 1 aromatic heterocycles. The van der Waals surface area contributed by atoms with Crippen molar-refractivity contribution >= 4 is 29.1 Å². The molecule has 2 fully saturated rings. The Morgan fingerprint density at radius 3 is 2.73 bits per heavy atom. The lowest BCUT2D eigenvalue weighted by molar-refractivity contribution is 0.0676. The number of phenols is 1. The zero-order chi connectivity index (χ0) is 26.2. The van der Waals surface area contributed by atoms with Crippen molar-refractivity contribution in [3.05, 3.63) is 66.5 Å². The second kappa shape index (κ2) is 12.3. The van der Waals surface area contributed by atoms with Gasteiger partial charge in [0.15, 0.2) is 11.7 Å². The van der Waals surface area contributed by atoms with Gasteiger partial charge in [0, 0.05) is 43.5 Å². The van der Waals surface area contributed by atoms with Crippen LogP contribution in [0, 0.1) is 0 Å². The molecule has 0 radical (unpaired) electrons. The molecule has 4 N–H and O–H groups in total. The molecule has 1 atom stereocenters. The van der Waals surface area contributed by atoms with Gasteiger partial charge in [-0.25, -0.2) is 14.8 Å². The van der Waals surface area contributed by atoms with Crippen molar-refractivity contribution in [1.82, 2.24) is 20.7 Å². The molecule has 1 aromatic carbocycles. The first kappa shape index (κ1) is 26.1. The molecular formula is C26H33FN8O2. The number of benzene rings is 1. The van der Waals surface area contributed by atoms with Crippen LogP contribution in [0.3, 0.4) is 0 Å². The number of pyridine rings is 1. The Hall–Kier alpha value is -3.96. The van der Waals surface area contributed by atoms with Gasteiger partial charge in [0.1, 0.15) is 11.6 Å². The highest BCUT2D eigenvalue weighted by molar-refractivity contribution is 5.97. The summed E-state index contributed by atoms with van der Waals surface area (Å²) in [6, 6.07) is 9.42. The van der Waals surface area contributed by atoms with Crippen molar-refractivity contribution in [2.75, 3.05) is 43.2 Å². The van der Waals surface area contributed by atoms with Gasteiger partial charge in [-0.15, -0.1) is 0 Å². The number of hydrogen-bond donors (Lipinski definition) is 4. The number of halogens is 1. The molecule has 196 valence electrons. The van der Waals surface area contributed by atoms with E-state index in [2.05, 4.69) is 44.7 Å². The van der Waals surface area contributed by atoms with Crippen molar-refractivity contribution in [2.45, 2.75) is 26.3 Å². The minimum Gasteiger partial charge on any atom is -0.508 e. The first-order chi connectivity index (χ1) is 17.9. The van der Waals surface area contributed by atoms with Gasteiger partial charge in [-0.1, -0.05) is 6.58 Å². The molecule has 0 bridgehead atoms. The average molecular weight is 509 g/mol. The van der Waals surface area contributed by atoms with Crippen molar-refractivity contribution in [2.24, 2.45) is 10.1 Å². The summed E-state index contributed by atoms with van der Waals surface area (Å²) in [6.07, 6.45) is 5.61. The molecular weight excluding hydrogens is 475 g/mol. The van der Waals surface area contributed by atoms with Gasteiger partial charge < -0.3 is 25.1 Å². The minimum absolute atomic E-state index is 0.179. The number of nitrogens with one attached hydrogen (secondary N) is 3. The van der Waals surface area contributed by atoms with E-state index < -0.39 is 5.83 Å². The number of hydrogen-bond acceptors (Lipinski definition) is 9. The fourth-order valence-electron chi connectivity index (χ4n) is 3.97. The summed E-state index contributed by atoms with van der Waals surface area (Å²) in [4.78, 5) is 10.5. The zero-order valence-corrected chi connectivity index (χ0v) is 21.1. The molecule has 2 aliphatic heterocycles. The van der Waals surface area contributed by atoms with E-state index in [9.17, 15) is 9.50 Å². The van der Waals surface area contributed by atoms with Crippen molar-refractivity contribution < 1.29 is 14.2 Å². The first-order valence-corrected chi connectivity index (χ1v) is 12.2. The summed E-state index contributed by atoms with van der Waals surface area (Å²) in [5.74, 6) is 0.161. The summed E-state index contributed by atoms with van der Waals surface area (Å²) >= 11 is 0. The Morgan fingerprint density at radius 2 is 2.05 bits per heavy atom. The number of phenolic OH excluding ortho intramolecular Hbond substituents is 1. The topological polar surface area (TPSA) is 110 Å². The van der Waals surface area contributed by atoms with Crippen LogP contribution in [0.15, 0.2) is 70.9 Å². The van der Waals surface area contributed by atoms with Crippen LogP contribution in [0.1, 0.15) is 26.0 Å². The van der Waals surface area contributed by atoms with Crippen LogP contribution >= 0.6 is 0 Å². The summed E-state index contributed by atoms with van der Waals surface area (Å²) in [5, 5.41) is 19.6. The Morgan fingerprint density at radius 1 is 1.24 bits per heavy atom. The average Bonchev–Trinajstić information content (AvgIpc) is 3.34. The van der Waals surface area contributed by atoms with Crippen LogP contribution in [-0.4, -0.2) is 65.9 Å². The lowest BCUT2D eigenvalue weighted by Gasteiger charge is -2.29. The summed E-state index contributed by atoms with van der Waals surface area (Å²) in [7, 11) is 0. The lowest BCUT2D eigenvalue weighted by atomic mass is 10.2. The van der Waals surface area contributed by atoms with E-state index >= 15 is 0 Å². The molecule has 4 rings (SSSR count). The molecule has 10 nitrogen and oxygen atoms in total. The number of ether oxygens (including phenoxy) is 1. The molecule has 1 unspecified atom stereocenters. The summed E-state index contributed by atoms with van der Waals surface area (Å²) in [5.41, 5.74) is 9.10. The first-order valence-electron chi connectivity index (χ1n) is 12.2. The number of allylic oxidation sites excluding steroid dienone is 1. The van der Waals surface area contributed by atoms with Gasteiger partial charge in [-0.05, 0) is 44.5 Å². The number of hydrazone groups is 1. The van der Waals surface area contributed by atoms with Crippen LogP contribution in [0.4, 0.5) is 21.5 Å². The highest BCUT2D eigenvalue weighted by Crippen LogP contribution is 2.29. The van der Waals surface area contributed by atoms with Gasteiger partial charge in [0.2, 0.25) is 0 Å². The Bertz CT molecular complexity index is 1180. The molecule has 0 aliphatic carbocycles. The van der Waals surface area contributed by atoms with Crippen LogP contribution in [-0.2, 0) is 4.74 Å². The third kappa shape index (κ3) is 7.28. The number of aromatic hydroxyl groups is 1. The van der Waals surface area contributed by atoms with E-state index in [-0.39, 0.29) is 17.4 Å². The van der Waals surface area contributed by atoms with E-state index in [0.29, 0.717) is 38.0 Å². The quantitative estimate of drug-likeness (QED) is 0.243. The number of morpholine rings is 1. The van der Waals surface area contributed by atoms with Crippen molar-refractivity contribution in [1.29, 1.82) is 0 Å². The second-order valence-electron chi connectivity index (χ2n) is 8.79. The summed E-state index contributed by atoms with van der Waals surface area (Å²) in [6.45, 7) is 10.6. The maximum Gasteiger partial charge on any atom is 0.167 e. The molecule has 0 spiro atoms. The second-order valence-corrected chi connectivity index (χ2v) is 8.79. The molecule has 2 aliphatic rings. The number of hydrazine groups is 1. The molecule has 37 heavy (non-hydrogen) atoms. The third-order valence-corrected chi connectivity index (χ3v) is 5.86. The van der Waals surface area contributed by atoms with E-state index in [1.807, 2.05) is 22.0 Å². The van der Waals surface area contributed by atoms with Crippen LogP contribution < -0.4 is 21.2 Å². The molecule has 2 aromatic rings. The predicted octanol–water partition coefficient (Wildman–Crippen LogP) is 3.63. The molecule has 2 saturated heterocycles. The van der Waals surface area contributed by atoms with Gasteiger partial charge >= 0.3 is 0 Å². The Balaban J connectivity index is 1.35. The molecule has 11 heteroatoms. The maximum atomic E-state index is 14.4. The number of rotatable bonds is 8. The van der Waals surface area contributed by atoms with E-state index in [0.717, 1.165) is 30.0 Å². The smallest absolute Gasteiger partial charge is 0.167 e. The van der Waals surface area contributed by atoms with Gasteiger partial charge in [-0.3, -0.25) is 10.4 Å². The number of anilines is 3. The zero-order valence-electron chi connectivity index (χ0n) is 21.1. The van der Waals surface area contributed by atoms with Gasteiger partial charge in [0.05, 0.1) is 42.7 Å². The van der Waals surface area contributed by atoms with E-state index in [4.69, 9.17) is 4.74 Å². The summed E-state index contributed by atoms with van der Waals surface area (Å²) < 4.78 is 19.7. The van der Waals surface area contributed by atoms with E-state index in [1.54, 1.807) is 31.3 Å². The Labute approximate surface area is 216 Å². The van der Waals surface area contributed by atoms with Crippen LogP contribution in [0.2, 0.25) is 0 Å². The largest absolute Gasteiger partial charge is 0.508 e. The van der Waals surface area contributed by atoms with E-state index in [1.165, 1.54) is 12.3 Å². The molecule has 0 saturated carbocycles. The predicted molar refractivity (Wildman–Crippen MR) is 145 cm³/mol.